The van der Waals surface area contributed by atoms with Crippen molar-refractivity contribution in [2.45, 2.75) is 52.5 Å². The quantitative estimate of drug-likeness (QED) is 0.750. The lowest BCUT2D eigenvalue weighted by Gasteiger charge is -2.20. The Morgan fingerprint density at radius 2 is 1.94 bits per heavy atom. The minimum atomic E-state index is 0.243. The number of benzene rings is 1. The van der Waals surface area contributed by atoms with E-state index in [4.69, 9.17) is 0 Å². The van der Waals surface area contributed by atoms with E-state index in [1.54, 1.807) is 0 Å². The van der Waals surface area contributed by atoms with Crippen molar-refractivity contribution in [3.63, 3.8) is 0 Å². The first-order chi connectivity index (χ1) is 7.38. The van der Waals surface area contributed by atoms with Gasteiger partial charge < -0.3 is 5.32 Å². The van der Waals surface area contributed by atoms with E-state index in [-0.39, 0.29) is 5.41 Å². The molecule has 1 N–H and O–H groups in total. The first-order valence-corrected chi connectivity index (χ1v) is 6.28. The molecule has 1 aliphatic rings. The lowest BCUT2D eigenvalue weighted by molar-refractivity contribution is 0.538. The minimum Gasteiger partial charge on any atom is -0.381 e. The molecular weight excluding hydrogens is 194 g/mol. The molecule has 1 aromatic rings. The fourth-order valence-corrected chi connectivity index (χ4v) is 2.25. The Kier molecular flexibility index (Phi) is 2.73. The zero-order valence-electron chi connectivity index (χ0n) is 11.1. The molecule has 0 aromatic heterocycles. The van der Waals surface area contributed by atoms with Crippen molar-refractivity contribution < 1.29 is 0 Å². The zero-order chi connectivity index (χ0) is 11.9. The van der Waals surface area contributed by atoms with Crippen LogP contribution in [-0.2, 0) is 11.8 Å². The molecule has 1 heterocycles. The highest BCUT2D eigenvalue weighted by Crippen LogP contribution is 2.33. The summed E-state index contributed by atoms with van der Waals surface area (Å²) >= 11 is 0. The molecule has 0 aliphatic carbocycles. The van der Waals surface area contributed by atoms with E-state index in [1.807, 2.05) is 0 Å². The van der Waals surface area contributed by atoms with Crippen molar-refractivity contribution in [1.29, 1.82) is 0 Å². The molecule has 0 amide bonds. The molecule has 1 aliphatic heterocycles. The molecule has 0 bridgehead atoms. The van der Waals surface area contributed by atoms with Gasteiger partial charge in [0.15, 0.2) is 0 Å². The van der Waals surface area contributed by atoms with Crippen LogP contribution >= 0.6 is 0 Å². The SMILES string of the molecule is CC(C)C1Cc2ccc(C(C)(C)C)cc2N1. The van der Waals surface area contributed by atoms with Gasteiger partial charge >= 0.3 is 0 Å². The van der Waals surface area contributed by atoms with Crippen molar-refractivity contribution in [3.05, 3.63) is 29.3 Å². The summed E-state index contributed by atoms with van der Waals surface area (Å²) in [6, 6.07) is 7.52. The van der Waals surface area contributed by atoms with Crippen LogP contribution in [0.5, 0.6) is 0 Å². The maximum absolute atomic E-state index is 3.65. The number of rotatable bonds is 1. The minimum absolute atomic E-state index is 0.243. The molecule has 0 saturated carbocycles. The highest BCUT2D eigenvalue weighted by atomic mass is 15.0. The van der Waals surface area contributed by atoms with E-state index < -0.39 is 0 Å². The van der Waals surface area contributed by atoms with Gasteiger partial charge in [0.1, 0.15) is 0 Å². The van der Waals surface area contributed by atoms with E-state index in [0.29, 0.717) is 12.0 Å². The average molecular weight is 217 g/mol. The van der Waals surface area contributed by atoms with Crippen LogP contribution in [0.4, 0.5) is 5.69 Å². The normalized spacial score (nSPS) is 19.8. The standard InChI is InChI=1S/C15H23N/c1-10(2)13-8-11-6-7-12(15(3,4)5)9-14(11)16-13/h6-7,9-10,13,16H,8H2,1-5H3. The molecule has 1 unspecified atom stereocenters. The smallest absolute Gasteiger partial charge is 0.0378 e. The lowest BCUT2D eigenvalue weighted by Crippen LogP contribution is -2.22. The second-order valence-electron chi connectivity index (χ2n) is 6.32. The Balaban J connectivity index is 2.28. The molecule has 0 saturated heterocycles. The monoisotopic (exact) mass is 217 g/mol. The summed E-state index contributed by atoms with van der Waals surface area (Å²) in [6.07, 6.45) is 1.18. The molecule has 0 spiro atoms. The zero-order valence-corrected chi connectivity index (χ0v) is 11.1. The largest absolute Gasteiger partial charge is 0.381 e. The van der Waals surface area contributed by atoms with Crippen LogP contribution in [0.2, 0.25) is 0 Å². The van der Waals surface area contributed by atoms with Gasteiger partial charge in [0.05, 0.1) is 0 Å². The summed E-state index contributed by atoms with van der Waals surface area (Å²) in [5.41, 5.74) is 4.49. The topological polar surface area (TPSA) is 12.0 Å². The highest BCUT2D eigenvalue weighted by molar-refractivity contribution is 5.59. The van der Waals surface area contributed by atoms with Crippen LogP contribution in [-0.4, -0.2) is 6.04 Å². The van der Waals surface area contributed by atoms with Crippen LogP contribution in [0.1, 0.15) is 45.7 Å². The van der Waals surface area contributed by atoms with Crippen molar-refractivity contribution in [2.24, 2.45) is 5.92 Å². The first kappa shape index (κ1) is 11.5. The average Bonchev–Trinajstić information content (AvgIpc) is 2.58. The maximum Gasteiger partial charge on any atom is 0.0378 e. The van der Waals surface area contributed by atoms with Gasteiger partial charge in [0.25, 0.3) is 0 Å². The summed E-state index contributed by atoms with van der Waals surface area (Å²) < 4.78 is 0. The number of anilines is 1. The van der Waals surface area contributed by atoms with Crippen molar-refractivity contribution in [3.8, 4) is 0 Å². The molecule has 0 radical (unpaired) electrons. The third-order valence-corrected chi connectivity index (χ3v) is 3.56. The molecule has 88 valence electrons. The highest BCUT2D eigenvalue weighted by Gasteiger charge is 2.24. The van der Waals surface area contributed by atoms with Gasteiger partial charge in [-0.3, -0.25) is 0 Å². The number of hydrogen-bond acceptors (Lipinski definition) is 1. The van der Waals surface area contributed by atoms with Gasteiger partial charge in [-0.25, -0.2) is 0 Å². The predicted octanol–water partition coefficient (Wildman–Crippen LogP) is 3.98. The van der Waals surface area contributed by atoms with Crippen molar-refractivity contribution >= 4 is 5.69 Å². The molecular formula is C15H23N. The van der Waals surface area contributed by atoms with Gasteiger partial charge in [0.2, 0.25) is 0 Å². The molecule has 0 fully saturated rings. The summed E-state index contributed by atoms with van der Waals surface area (Å²) in [4.78, 5) is 0. The number of nitrogens with one attached hydrogen (secondary N) is 1. The fraction of sp³-hybridized carbons (Fsp3) is 0.600. The Morgan fingerprint density at radius 1 is 1.25 bits per heavy atom. The second kappa shape index (κ2) is 3.80. The van der Waals surface area contributed by atoms with Crippen LogP contribution in [0.25, 0.3) is 0 Å². The third-order valence-electron chi connectivity index (χ3n) is 3.56. The van der Waals surface area contributed by atoms with Gasteiger partial charge in [-0.2, -0.15) is 0 Å². The van der Waals surface area contributed by atoms with Gasteiger partial charge in [-0.15, -0.1) is 0 Å². The van der Waals surface area contributed by atoms with E-state index in [9.17, 15) is 0 Å². The van der Waals surface area contributed by atoms with Gasteiger partial charge in [-0.05, 0) is 34.9 Å². The number of fused-ring (bicyclic) bond motifs is 1. The van der Waals surface area contributed by atoms with Gasteiger partial charge in [0, 0.05) is 11.7 Å². The van der Waals surface area contributed by atoms with Crippen LogP contribution in [0.15, 0.2) is 18.2 Å². The van der Waals surface area contributed by atoms with E-state index in [0.717, 1.165) is 0 Å². The maximum atomic E-state index is 3.65. The Morgan fingerprint density at radius 3 is 2.50 bits per heavy atom. The van der Waals surface area contributed by atoms with Crippen molar-refractivity contribution in [1.82, 2.24) is 0 Å². The summed E-state index contributed by atoms with van der Waals surface area (Å²) in [5.74, 6) is 0.700. The summed E-state index contributed by atoms with van der Waals surface area (Å²) in [6.45, 7) is 11.4. The summed E-state index contributed by atoms with van der Waals surface area (Å²) in [7, 11) is 0. The molecule has 1 heteroatoms. The van der Waals surface area contributed by atoms with E-state index >= 15 is 0 Å². The van der Waals surface area contributed by atoms with E-state index in [1.165, 1.54) is 23.2 Å². The Labute approximate surface area is 99.3 Å². The lowest BCUT2D eigenvalue weighted by atomic mass is 9.86. The van der Waals surface area contributed by atoms with Crippen LogP contribution in [0, 0.1) is 5.92 Å². The Hall–Kier alpha value is -0.980. The molecule has 1 nitrogen and oxygen atoms in total. The second-order valence-corrected chi connectivity index (χ2v) is 6.32. The first-order valence-electron chi connectivity index (χ1n) is 6.28. The summed E-state index contributed by atoms with van der Waals surface area (Å²) in [5, 5.41) is 3.65. The van der Waals surface area contributed by atoms with E-state index in [2.05, 4.69) is 58.1 Å². The predicted molar refractivity (Wildman–Crippen MR) is 71.1 cm³/mol. The molecule has 16 heavy (non-hydrogen) atoms. The number of hydrogen-bond donors (Lipinski definition) is 1. The molecule has 2 rings (SSSR count). The molecule has 1 aromatic carbocycles. The third kappa shape index (κ3) is 2.09. The van der Waals surface area contributed by atoms with Crippen LogP contribution < -0.4 is 5.32 Å². The Bertz CT molecular complexity index is 385. The molecule has 1 atom stereocenters. The van der Waals surface area contributed by atoms with Crippen LogP contribution in [0.3, 0.4) is 0 Å². The fourth-order valence-electron chi connectivity index (χ4n) is 2.25. The van der Waals surface area contributed by atoms with Crippen molar-refractivity contribution in [2.75, 3.05) is 5.32 Å². The van der Waals surface area contributed by atoms with Gasteiger partial charge in [-0.1, -0.05) is 46.8 Å².